The number of hydrogen-bond acceptors (Lipinski definition) is 1. The molecule has 0 saturated carbocycles. The van der Waals surface area contributed by atoms with Gasteiger partial charge in [0.2, 0.25) is 0 Å². The van der Waals surface area contributed by atoms with E-state index < -0.39 is 0 Å². The van der Waals surface area contributed by atoms with Crippen LogP contribution < -0.4 is 0 Å². The van der Waals surface area contributed by atoms with Crippen molar-refractivity contribution in [3.8, 4) is 33.4 Å². The van der Waals surface area contributed by atoms with Crippen LogP contribution in [0.1, 0.15) is 19.2 Å². The summed E-state index contributed by atoms with van der Waals surface area (Å²) in [5, 5.41) is 5.11. The van der Waals surface area contributed by atoms with E-state index in [1.54, 1.807) is 0 Å². The van der Waals surface area contributed by atoms with Gasteiger partial charge in [0.25, 0.3) is 0 Å². The summed E-state index contributed by atoms with van der Waals surface area (Å²) >= 11 is 0. The Morgan fingerprint density at radius 3 is 1.70 bits per heavy atom. The molecule has 0 saturated heterocycles. The molecule has 206 valence electrons. The number of aromatic nitrogens is 2. The zero-order chi connectivity index (χ0) is 29.0. The van der Waals surface area contributed by atoms with Crippen LogP contribution in [-0.4, -0.2) is 9.55 Å². The van der Waals surface area contributed by atoms with Crippen LogP contribution in [0.2, 0.25) is 0 Å². The normalized spacial score (nSPS) is 16.4. The van der Waals surface area contributed by atoms with E-state index in [9.17, 15) is 0 Å². The molecular formula is C41H32N2. The maximum absolute atomic E-state index is 4.91. The van der Waals surface area contributed by atoms with Crippen molar-refractivity contribution in [1.29, 1.82) is 0 Å². The van der Waals surface area contributed by atoms with E-state index >= 15 is 0 Å². The Morgan fingerprint density at radius 1 is 0.581 bits per heavy atom. The fourth-order valence-corrected chi connectivity index (χ4v) is 7.09. The molecule has 6 aromatic carbocycles. The molecule has 0 N–H and O–H groups in total. The van der Waals surface area contributed by atoms with E-state index in [0.717, 1.165) is 17.8 Å². The van der Waals surface area contributed by atoms with Gasteiger partial charge in [-0.05, 0) is 87.3 Å². The van der Waals surface area contributed by atoms with Gasteiger partial charge in [0.05, 0.1) is 16.6 Å². The Kier molecular flexibility index (Phi) is 5.90. The van der Waals surface area contributed by atoms with Crippen molar-refractivity contribution in [3.05, 3.63) is 151 Å². The maximum Gasteiger partial charge on any atom is 0.107 e. The lowest BCUT2D eigenvalue weighted by Crippen LogP contribution is -2.29. The summed E-state index contributed by atoms with van der Waals surface area (Å²) in [7, 11) is 0. The van der Waals surface area contributed by atoms with Gasteiger partial charge in [0.15, 0.2) is 0 Å². The minimum absolute atomic E-state index is 0.121. The second-order valence-corrected chi connectivity index (χ2v) is 11.8. The summed E-state index contributed by atoms with van der Waals surface area (Å²) in [5.74, 6) is 1.04. The molecule has 1 unspecified atom stereocenters. The predicted molar refractivity (Wildman–Crippen MR) is 182 cm³/mol. The molecule has 0 fully saturated rings. The SMILES string of the molecule is Cc1nc2ccc(-c3ccc(-c4c5ccccc5c(-c5ccccc5)c5ccccc45)cc3)cc2n1C1(C)C=CC=CC1. The fourth-order valence-electron chi connectivity index (χ4n) is 7.09. The zero-order valence-electron chi connectivity index (χ0n) is 24.5. The molecule has 0 amide bonds. The Balaban J connectivity index is 1.27. The molecule has 1 heterocycles. The number of nitrogens with zero attached hydrogens (tertiary/aromatic N) is 2. The van der Waals surface area contributed by atoms with E-state index in [1.165, 1.54) is 60.4 Å². The molecule has 0 radical (unpaired) electrons. The monoisotopic (exact) mass is 552 g/mol. The number of allylic oxidation sites excluding steroid dienone is 4. The molecule has 2 heteroatoms. The molecule has 1 aliphatic carbocycles. The first-order valence-electron chi connectivity index (χ1n) is 15.0. The number of rotatable bonds is 4. The first kappa shape index (κ1) is 25.5. The number of fused-ring (bicyclic) bond motifs is 3. The molecule has 1 atom stereocenters. The van der Waals surface area contributed by atoms with Gasteiger partial charge in [-0.3, -0.25) is 0 Å². The Morgan fingerprint density at radius 2 is 1.12 bits per heavy atom. The van der Waals surface area contributed by atoms with E-state index in [1.807, 2.05) is 0 Å². The average Bonchev–Trinajstić information content (AvgIpc) is 3.40. The van der Waals surface area contributed by atoms with Crippen LogP contribution in [0.3, 0.4) is 0 Å². The van der Waals surface area contributed by atoms with Gasteiger partial charge in [0, 0.05) is 0 Å². The van der Waals surface area contributed by atoms with Crippen molar-refractivity contribution >= 4 is 32.6 Å². The average molecular weight is 553 g/mol. The Bertz CT molecular complexity index is 2160. The lowest BCUT2D eigenvalue weighted by atomic mass is 9.86. The highest BCUT2D eigenvalue weighted by Gasteiger charge is 2.27. The second kappa shape index (κ2) is 9.96. The summed E-state index contributed by atoms with van der Waals surface area (Å²) in [6.45, 7) is 4.41. The number of imidazole rings is 1. The summed E-state index contributed by atoms with van der Waals surface area (Å²) in [5.41, 5.74) is 9.55. The molecule has 43 heavy (non-hydrogen) atoms. The highest BCUT2D eigenvalue weighted by molar-refractivity contribution is 6.21. The van der Waals surface area contributed by atoms with Crippen molar-refractivity contribution in [2.24, 2.45) is 0 Å². The van der Waals surface area contributed by atoms with Gasteiger partial charge in [-0.25, -0.2) is 4.98 Å². The molecule has 0 bridgehead atoms. The molecule has 8 rings (SSSR count). The number of benzene rings is 6. The van der Waals surface area contributed by atoms with Crippen molar-refractivity contribution < 1.29 is 0 Å². The molecule has 0 aliphatic heterocycles. The molecular weight excluding hydrogens is 520 g/mol. The van der Waals surface area contributed by atoms with Gasteiger partial charge in [-0.2, -0.15) is 0 Å². The third-order valence-electron chi connectivity index (χ3n) is 9.07. The van der Waals surface area contributed by atoms with E-state index in [4.69, 9.17) is 4.98 Å². The van der Waals surface area contributed by atoms with Gasteiger partial charge in [-0.15, -0.1) is 0 Å². The van der Waals surface area contributed by atoms with E-state index in [0.29, 0.717) is 0 Å². The standard InChI is InChI=1S/C41H32N2/c1-28-42-37-24-23-32(27-38(37)43(28)41(2)25-11-4-12-26-41)29-19-21-31(22-20-29)40-35-17-9-7-15-33(35)39(30-13-5-3-6-14-30)34-16-8-10-18-36(34)40/h3-25,27H,26H2,1-2H3. The van der Waals surface area contributed by atoms with Crippen LogP contribution in [-0.2, 0) is 5.54 Å². The van der Waals surface area contributed by atoms with Crippen molar-refractivity contribution in [2.45, 2.75) is 25.8 Å². The van der Waals surface area contributed by atoms with Gasteiger partial charge < -0.3 is 4.57 Å². The highest BCUT2D eigenvalue weighted by Crippen LogP contribution is 2.44. The molecule has 0 spiro atoms. The maximum atomic E-state index is 4.91. The first-order valence-corrected chi connectivity index (χ1v) is 15.0. The third-order valence-corrected chi connectivity index (χ3v) is 9.07. The topological polar surface area (TPSA) is 17.8 Å². The quantitative estimate of drug-likeness (QED) is 0.199. The smallest absolute Gasteiger partial charge is 0.107 e. The van der Waals surface area contributed by atoms with Gasteiger partial charge in [-0.1, -0.05) is 133 Å². The van der Waals surface area contributed by atoms with Crippen LogP contribution in [0.5, 0.6) is 0 Å². The van der Waals surface area contributed by atoms with E-state index in [2.05, 4.69) is 164 Å². The molecule has 7 aromatic rings. The largest absolute Gasteiger partial charge is 0.318 e. The summed E-state index contributed by atoms with van der Waals surface area (Å²) in [6.07, 6.45) is 9.77. The number of aryl methyl sites for hydroxylation is 1. The predicted octanol–water partition coefficient (Wildman–Crippen LogP) is 10.9. The van der Waals surface area contributed by atoms with Crippen molar-refractivity contribution in [2.75, 3.05) is 0 Å². The number of hydrogen-bond donors (Lipinski definition) is 0. The summed E-state index contributed by atoms with van der Waals surface area (Å²) in [4.78, 5) is 4.91. The lowest BCUT2D eigenvalue weighted by Gasteiger charge is -2.30. The van der Waals surface area contributed by atoms with Crippen molar-refractivity contribution in [1.82, 2.24) is 9.55 Å². The minimum atomic E-state index is -0.121. The van der Waals surface area contributed by atoms with E-state index in [-0.39, 0.29) is 5.54 Å². The lowest BCUT2D eigenvalue weighted by molar-refractivity contribution is 0.414. The molecule has 1 aromatic heterocycles. The van der Waals surface area contributed by atoms with Crippen LogP contribution in [0, 0.1) is 6.92 Å². The van der Waals surface area contributed by atoms with Crippen LogP contribution in [0.15, 0.2) is 146 Å². The summed E-state index contributed by atoms with van der Waals surface area (Å²) < 4.78 is 2.40. The minimum Gasteiger partial charge on any atom is -0.318 e. The Hall–Kier alpha value is -5.21. The van der Waals surface area contributed by atoms with Crippen LogP contribution in [0.4, 0.5) is 0 Å². The second-order valence-electron chi connectivity index (χ2n) is 11.8. The third kappa shape index (κ3) is 4.13. The van der Waals surface area contributed by atoms with Gasteiger partial charge >= 0.3 is 0 Å². The van der Waals surface area contributed by atoms with Crippen LogP contribution in [0.25, 0.3) is 66.0 Å². The highest BCUT2D eigenvalue weighted by atomic mass is 15.1. The Labute approximate surface area is 252 Å². The zero-order valence-corrected chi connectivity index (χ0v) is 24.5. The molecule has 1 aliphatic rings. The van der Waals surface area contributed by atoms with Gasteiger partial charge in [0.1, 0.15) is 5.82 Å². The first-order chi connectivity index (χ1) is 21.1. The fraction of sp³-hybridized carbons (Fsp3) is 0.0976. The van der Waals surface area contributed by atoms with Crippen LogP contribution >= 0.6 is 0 Å². The summed E-state index contributed by atoms with van der Waals surface area (Å²) in [6, 6.07) is 44.2. The van der Waals surface area contributed by atoms with Crippen molar-refractivity contribution in [3.63, 3.8) is 0 Å². The molecule has 2 nitrogen and oxygen atoms in total.